The van der Waals surface area contributed by atoms with Gasteiger partial charge >= 0.3 is 5.97 Å². The summed E-state index contributed by atoms with van der Waals surface area (Å²) in [4.78, 5) is 10.3. The molecule has 0 atom stereocenters. The molecule has 0 aliphatic rings. The second-order valence-corrected chi connectivity index (χ2v) is 3.02. The average Bonchev–Trinajstić information content (AvgIpc) is 2.01. The molecule has 0 saturated heterocycles. The van der Waals surface area contributed by atoms with Gasteiger partial charge < -0.3 is 5.11 Å². The molecule has 0 saturated carbocycles. The van der Waals surface area contributed by atoms with Crippen molar-refractivity contribution >= 4 is 12.7 Å². The van der Waals surface area contributed by atoms with E-state index >= 15 is 0 Å². The van der Waals surface area contributed by atoms with Gasteiger partial charge in [-0.25, -0.2) is 0 Å². The van der Waals surface area contributed by atoms with Crippen molar-refractivity contribution in [1.29, 1.82) is 0 Å². The molecule has 0 bridgehead atoms. The fourth-order valence-electron chi connectivity index (χ4n) is 1.01. The molecule has 0 rings (SSSR count). The van der Waals surface area contributed by atoms with Crippen LogP contribution in [0.1, 0.15) is 27.2 Å². The maximum absolute atomic E-state index is 10.3. The molecule has 0 spiro atoms. The number of aliphatic carboxylic acids is 1. The quantitative estimate of drug-likeness (QED) is 0.522. The van der Waals surface area contributed by atoms with Gasteiger partial charge in [-0.3, -0.25) is 9.80 Å². The van der Waals surface area contributed by atoms with Gasteiger partial charge in [-0.15, -0.1) is 0 Å². The minimum Gasteiger partial charge on any atom is -0.481 e. The number of hydrazone groups is 1. The van der Waals surface area contributed by atoms with Crippen LogP contribution in [-0.4, -0.2) is 28.8 Å². The zero-order chi connectivity index (χ0) is 10.4. The number of carbonyl (C=O) groups is 1. The number of carboxylic acids is 1. The smallest absolute Gasteiger partial charge is 0.307 e. The summed E-state index contributed by atoms with van der Waals surface area (Å²) >= 11 is 0. The van der Waals surface area contributed by atoms with Gasteiger partial charge in [0.2, 0.25) is 0 Å². The molecule has 1 N–H and O–H groups in total. The first-order valence-corrected chi connectivity index (χ1v) is 4.13. The summed E-state index contributed by atoms with van der Waals surface area (Å²) in [6, 6.07) is 0.197. The number of carboxylic acid groups (broad SMARTS) is 1. The summed E-state index contributed by atoms with van der Waals surface area (Å²) in [5, 5.41) is 13.9. The normalized spacial score (nSPS) is 11.5. The third kappa shape index (κ3) is 4.30. The monoisotopic (exact) mass is 184 g/mol. The number of hydrogen-bond donors (Lipinski definition) is 1. The Morgan fingerprint density at radius 2 is 2.23 bits per heavy atom. The van der Waals surface area contributed by atoms with Gasteiger partial charge in [0, 0.05) is 18.5 Å². The molecule has 74 valence electrons. The van der Waals surface area contributed by atoms with Gasteiger partial charge in [-0.1, -0.05) is 6.08 Å². The van der Waals surface area contributed by atoms with Crippen molar-refractivity contribution in [3.05, 3.63) is 11.8 Å². The lowest BCUT2D eigenvalue weighted by molar-refractivity contribution is -0.136. The van der Waals surface area contributed by atoms with Crippen LogP contribution in [-0.2, 0) is 4.79 Å². The summed E-state index contributed by atoms with van der Waals surface area (Å²) in [5.41, 5.74) is 0.812. The lowest BCUT2D eigenvalue weighted by Crippen LogP contribution is -2.23. The zero-order valence-corrected chi connectivity index (χ0v) is 8.32. The molecule has 0 amide bonds. The summed E-state index contributed by atoms with van der Waals surface area (Å²) in [5.74, 6) is -0.841. The Balaban J connectivity index is 4.35. The van der Waals surface area contributed by atoms with E-state index in [1.165, 1.54) is 0 Å². The third-order valence-corrected chi connectivity index (χ3v) is 1.57. The van der Waals surface area contributed by atoms with E-state index in [1.807, 2.05) is 20.8 Å². The standard InChI is InChI=1S/C9H16N2O2/c1-7(2)11(10-4)8(3)5-6-9(12)13/h5,7H,4,6H2,1-3H3,(H,12,13)/b8-5-. The van der Waals surface area contributed by atoms with Crippen molar-refractivity contribution in [2.24, 2.45) is 5.10 Å². The Bertz CT molecular complexity index is 222. The van der Waals surface area contributed by atoms with E-state index in [4.69, 9.17) is 5.11 Å². The van der Waals surface area contributed by atoms with Crippen LogP contribution in [0.2, 0.25) is 0 Å². The van der Waals surface area contributed by atoms with E-state index in [9.17, 15) is 4.79 Å². The summed E-state index contributed by atoms with van der Waals surface area (Å²) in [7, 11) is 0. The highest BCUT2D eigenvalue weighted by Gasteiger charge is 2.06. The Hall–Kier alpha value is -1.32. The number of hydrogen-bond acceptors (Lipinski definition) is 3. The van der Waals surface area contributed by atoms with Gasteiger partial charge in [0.25, 0.3) is 0 Å². The molecule has 0 radical (unpaired) electrons. The van der Waals surface area contributed by atoms with Crippen LogP contribution in [0.5, 0.6) is 0 Å². The maximum Gasteiger partial charge on any atom is 0.307 e. The molecule has 0 aliphatic heterocycles. The second kappa shape index (κ2) is 5.35. The fraction of sp³-hybridized carbons (Fsp3) is 0.556. The molecule has 0 aliphatic carbocycles. The lowest BCUT2D eigenvalue weighted by Gasteiger charge is -2.23. The SMILES string of the molecule is C=NN(/C(C)=C\CC(=O)O)C(C)C. The van der Waals surface area contributed by atoms with Gasteiger partial charge in [-0.2, -0.15) is 5.10 Å². The number of rotatable bonds is 5. The molecule has 4 nitrogen and oxygen atoms in total. The molecule has 0 unspecified atom stereocenters. The van der Waals surface area contributed by atoms with E-state index in [-0.39, 0.29) is 12.5 Å². The van der Waals surface area contributed by atoms with Crippen molar-refractivity contribution in [3.63, 3.8) is 0 Å². The molecule has 0 fully saturated rings. The van der Waals surface area contributed by atoms with E-state index in [1.54, 1.807) is 11.1 Å². The largest absolute Gasteiger partial charge is 0.481 e. The third-order valence-electron chi connectivity index (χ3n) is 1.57. The van der Waals surface area contributed by atoms with E-state index in [2.05, 4.69) is 11.8 Å². The average molecular weight is 184 g/mol. The predicted octanol–water partition coefficient (Wildman–Crippen LogP) is 1.69. The lowest BCUT2D eigenvalue weighted by atomic mass is 10.3. The minimum atomic E-state index is -0.841. The first-order valence-electron chi connectivity index (χ1n) is 4.13. The first-order chi connectivity index (χ1) is 5.99. The molecule has 0 aromatic heterocycles. The molecule has 4 heteroatoms. The molecule has 13 heavy (non-hydrogen) atoms. The van der Waals surface area contributed by atoms with Crippen LogP contribution in [0, 0.1) is 0 Å². The highest BCUT2D eigenvalue weighted by Crippen LogP contribution is 2.09. The molecule has 0 aromatic rings. The Morgan fingerprint density at radius 3 is 2.54 bits per heavy atom. The van der Waals surface area contributed by atoms with Crippen LogP contribution in [0.15, 0.2) is 16.9 Å². The van der Waals surface area contributed by atoms with Gasteiger partial charge in [-0.05, 0) is 20.8 Å². The van der Waals surface area contributed by atoms with Crippen molar-refractivity contribution in [1.82, 2.24) is 5.01 Å². The predicted molar refractivity (Wildman–Crippen MR) is 52.5 cm³/mol. The molecular weight excluding hydrogens is 168 g/mol. The summed E-state index contributed by atoms with van der Waals surface area (Å²) < 4.78 is 0. The Morgan fingerprint density at radius 1 is 1.69 bits per heavy atom. The van der Waals surface area contributed by atoms with Gasteiger partial charge in [0.05, 0.1) is 6.42 Å². The summed E-state index contributed by atoms with van der Waals surface area (Å²) in [6.07, 6.45) is 1.64. The highest BCUT2D eigenvalue weighted by molar-refractivity contribution is 5.68. The second-order valence-electron chi connectivity index (χ2n) is 3.02. The van der Waals surface area contributed by atoms with Crippen LogP contribution >= 0.6 is 0 Å². The topological polar surface area (TPSA) is 52.9 Å². The van der Waals surface area contributed by atoms with E-state index in [0.717, 1.165) is 5.70 Å². The van der Waals surface area contributed by atoms with Crippen molar-refractivity contribution in [2.75, 3.05) is 0 Å². The summed E-state index contributed by atoms with van der Waals surface area (Å²) in [6.45, 7) is 9.17. The van der Waals surface area contributed by atoms with Gasteiger partial charge in [0.15, 0.2) is 0 Å². The van der Waals surface area contributed by atoms with Crippen molar-refractivity contribution in [3.8, 4) is 0 Å². The maximum atomic E-state index is 10.3. The van der Waals surface area contributed by atoms with E-state index < -0.39 is 5.97 Å². The molecule has 0 aromatic carbocycles. The first kappa shape index (κ1) is 11.7. The number of nitrogens with zero attached hydrogens (tertiary/aromatic N) is 2. The van der Waals surface area contributed by atoms with Crippen LogP contribution < -0.4 is 0 Å². The Kier molecular flexibility index (Phi) is 4.80. The number of allylic oxidation sites excluding steroid dienone is 1. The Labute approximate surface area is 78.6 Å². The van der Waals surface area contributed by atoms with Gasteiger partial charge in [0.1, 0.15) is 0 Å². The van der Waals surface area contributed by atoms with Crippen molar-refractivity contribution < 1.29 is 9.90 Å². The molecular formula is C9H16N2O2. The fourth-order valence-corrected chi connectivity index (χ4v) is 1.01. The minimum absolute atomic E-state index is 0.0184. The van der Waals surface area contributed by atoms with Crippen LogP contribution in [0.3, 0.4) is 0 Å². The van der Waals surface area contributed by atoms with Crippen LogP contribution in [0.25, 0.3) is 0 Å². The van der Waals surface area contributed by atoms with Crippen molar-refractivity contribution in [2.45, 2.75) is 33.2 Å². The van der Waals surface area contributed by atoms with E-state index in [0.29, 0.717) is 0 Å². The molecule has 0 heterocycles. The zero-order valence-electron chi connectivity index (χ0n) is 8.32. The highest BCUT2D eigenvalue weighted by atomic mass is 16.4. The van der Waals surface area contributed by atoms with Crippen LogP contribution in [0.4, 0.5) is 0 Å².